The van der Waals surface area contributed by atoms with E-state index in [1.165, 1.54) is 0 Å². The third-order valence-electron chi connectivity index (χ3n) is 2.48. The molecular weight excluding hydrogens is 198 g/mol. The van der Waals surface area contributed by atoms with Crippen molar-refractivity contribution in [2.75, 3.05) is 0 Å². The lowest BCUT2D eigenvalue weighted by Gasteiger charge is -2.25. The molecule has 0 aromatic carbocycles. The summed E-state index contributed by atoms with van der Waals surface area (Å²) < 4.78 is 72.8. The van der Waals surface area contributed by atoms with Gasteiger partial charge in [0.15, 0.2) is 0 Å². The summed E-state index contributed by atoms with van der Waals surface area (Å²) >= 11 is 0. The van der Waals surface area contributed by atoms with Crippen LogP contribution in [0.15, 0.2) is 11.1 Å². The van der Waals surface area contributed by atoms with Crippen LogP contribution >= 0.6 is 0 Å². The highest BCUT2D eigenvalue weighted by Gasteiger charge is 2.80. The van der Waals surface area contributed by atoms with Crippen LogP contribution in [0.4, 0.5) is 26.3 Å². The van der Waals surface area contributed by atoms with Crippen molar-refractivity contribution < 1.29 is 26.3 Å². The first-order chi connectivity index (χ1) is 5.57. The first-order valence-corrected chi connectivity index (χ1v) is 3.38. The standard InChI is InChI=1S/C7H6F6/c1-3-4(2)5(3,6(8,9)10)7(11,12)13/h1-2H3. The molecule has 0 N–H and O–H groups in total. The summed E-state index contributed by atoms with van der Waals surface area (Å²) in [5.74, 6) is 0. The largest absolute Gasteiger partial charge is 0.410 e. The predicted octanol–water partition coefficient (Wildman–Crippen LogP) is 3.45. The van der Waals surface area contributed by atoms with Crippen molar-refractivity contribution in [3.8, 4) is 0 Å². The van der Waals surface area contributed by atoms with Crippen molar-refractivity contribution in [1.29, 1.82) is 0 Å². The molecule has 6 heteroatoms. The van der Waals surface area contributed by atoms with E-state index in [9.17, 15) is 26.3 Å². The molecule has 0 bridgehead atoms. The average molecular weight is 204 g/mol. The predicted molar refractivity (Wildman–Crippen MR) is 32.9 cm³/mol. The Morgan fingerprint density at radius 1 is 0.769 bits per heavy atom. The summed E-state index contributed by atoms with van der Waals surface area (Å²) in [6.07, 6.45) is -10.5. The van der Waals surface area contributed by atoms with Gasteiger partial charge in [-0.3, -0.25) is 0 Å². The number of allylic oxidation sites excluding steroid dienone is 2. The van der Waals surface area contributed by atoms with Crippen LogP contribution in [0.1, 0.15) is 13.8 Å². The molecule has 0 spiro atoms. The Balaban J connectivity index is 3.12. The highest BCUT2D eigenvalue weighted by Crippen LogP contribution is 2.69. The second-order valence-corrected chi connectivity index (χ2v) is 3.00. The van der Waals surface area contributed by atoms with Crippen LogP contribution in [0.3, 0.4) is 0 Å². The maximum Gasteiger partial charge on any atom is 0.410 e. The van der Waals surface area contributed by atoms with E-state index < -0.39 is 28.9 Å². The zero-order valence-electron chi connectivity index (χ0n) is 6.77. The van der Waals surface area contributed by atoms with Crippen LogP contribution < -0.4 is 0 Å². The second-order valence-electron chi connectivity index (χ2n) is 3.00. The van der Waals surface area contributed by atoms with Crippen molar-refractivity contribution >= 4 is 0 Å². The maximum atomic E-state index is 12.1. The van der Waals surface area contributed by atoms with E-state index in [1.54, 1.807) is 0 Å². The molecule has 0 nitrogen and oxygen atoms in total. The molecule has 0 saturated heterocycles. The van der Waals surface area contributed by atoms with Crippen LogP contribution in [0.25, 0.3) is 0 Å². The van der Waals surface area contributed by atoms with Crippen molar-refractivity contribution in [2.24, 2.45) is 5.41 Å². The van der Waals surface area contributed by atoms with Gasteiger partial charge in [-0.25, -0.2) is 0 Å². The molecule has 0 heterocycles. The lowest BCUT2D eigenvalue weighted by Crippen LogP contribution is -2.42. The number of alkyl halides is 6. The molecule has 0 radical (unpaired) electrons. The van der Waals surface area contributed by atoms with Gasteiger partial charge in [-0.15, -0.1) is 0 Å². The van der Waals surface area contributed by atoms with Crippen molar-refractivity contribution in [1.82, 2.24) is 0 Å². The van der Waals surface area contributed by atoms with Gasteiger partial charge in [0.2, 0.25) is 5.41 Å². The fourth-order valence-electron chi connectivity index (χ4n) is 1.57. The lowest BCUT2D eigenvalue weighted by molar-refractivity contribution is -0.293. The van der Waals surface area contributed by atoms with Gasteiger partial charge in [-0.2, -0.15) is 26.3 Å². The maximum absolute atomic E-state index is 12.1. The van der Waals surface area contributed by atoms with Gasteiger partial charge >= 0.3 is 12.4 Å². The van der Waals surface area contributed by atoms with Gasteiger partial charge in [0.25, 0.3) is 0 Å². The Morgan fingerprint density at radius 2 is 1.00 bits per heavy atom. The Kier molecular flexibility index (Phi) is 1.77. The Morgan fingerprint density at radius 3 is 1.00 bits per heavy atom. The molecule has 0 amide bonds. The quantitative estimate of drug-likeness (QED) is 0.418. The number of hydrogen-bond acceptors (Lipinski definition) is 0. The smallest absolute Gasteiger partial charge is 0.169 e. The molecule has 1 aliphatic carbocycles. The van der Waals surface area contributed by atoms with E-state index in [0.29, 0.717) is 0 Å². The van der Waals surface area contributed by atoms with Crippen LogP contribution in [0, 0.1) is 5.41 Å². The van der Waals surface area contributed by atoms with Gasteiger partial charge in [-0.1, -0.05) is 0 Å². The summed E-state index contributed by atoms with van der Waals surface area (Å²) in [6, 6.07) is 0. The molecule has 0 atom stereocenters. The van der Waals surface area contributed by atoms with Gasteiger partial charge in [0.05, 0.1) is 0 Å². The summed E-state index contributed by atoms with van der Waals surface area (Å²) in [4.78, 5) is 0. The van der Waals surface area contributed by atoms with E-state index in [0.717, 1.165) is 13.8 Å². The molecule has 1 rings (SSSR count). The highest BCUT2D eigenvalue weighted by atomic mass is 19.4. The number of rotatable bonds is 0. The summed E-state index contributed by atoms with van der Waals surface area (Å²) in [5.41, 5.74) is -4.89. The summed E-state index contributed by atoms with van der Waals surface area (Å²) in [7, 11) is 0. The zero-order chi connectivity index (χ0) is 10.7. The van der Waals surface area contributed by atoms with Crippen molar-refractivity contribution in [2.45, 2.75) is 26.2 Å². The normalized spacial score (nSPS) is 22.2. The third kappa shape index (κ3) is 1.00. The third-order valence-corrected chi connectivity index (χ3v) is 2.48. The molecule has 76 valence electrons. The van der Waals surface area contributed by atoms with Crippen LogP contribution in [-0.4, -0.2) is 12.4 Å². The lowest BCUT2D eigenvalue weighted by atomic mass is 9.96. The Bertz CT molecular complexity index is 238. The fourth-order valence-corrected chi connectivity index (χ4v) is 1.57. The van der Waals surface area contributed by atoms with E-state index >= 15 is 0 Å². The molecule has 0 aromatic heterocycles. The molecular formula is C7H6F6. The SMILES string of the molecule is CC1=C(C)C1(C(F)(F)F)C(F)(F)F. The first kappa shape index (κ1) is 10.4. The van der Waals surface area contributed by atoms with E-state index in [1.807, 2.05) is 0 Å². The highest BCUT2D eigenvalue weighted by molar-refractivity contribution is 5.51. The molecule has 13 heavy (non-hydrogen) atoms. The average Bonchev–Trinajstić information content (AvgIpc) is 2.32. The van der Waals surface area contributed by atoms with E-state index in [2.05, 4.69) is 0 Å². The molecule has 0 aliphatic heterocycles. The molecule has 0 saturated carbocycles. The number of hydrogen-bond donors (Lipinski definition) is 0. The topological polar surface area (TPSA) is 0 Å². The minimum atomic E-state index is -5.26. The molecule has 0 aromatic rings. The van der Waals surface area contributed by atoms with Crippen LogP contribution in [0.2, 0.25) is 0 Å². The van der Waals surface area contributed by atoms with Crippen LogP contribution in [0.5, 0.6) is 0 Å². The first-order valence-electron chi connectivity index (χ1n) is 3.38. The molecule has 1 aliphatic rings. The van der Waals surface area contributed by atoms with Crippen LogP contribution in [-0.2, 0) is 0 Å². The Labute approximate surface area is 70.2 Å². The van der Waals surface area contributed by atoms with E-state index in [4.69, 9.17) is 0 Å². The molecule has 0 unspecified atom stereocenters. The van der Waals surface area contributed by atoms with Gasteiger partial charge in [0, 0.05) is 0 Å². The van der Waals surface area contributed by atoms with Gasteiger partial charge in [0.1, 0.15) is 0 Å². The Hall–Kier alpha value is -0.680. The van der Waals surface area contributed by atoms with Crippen molar-refractivity contribution in [3.63, 3.8) is 0 Å². The fraction of sp³-hybridized carbons (Fsp3) is 0.714. The van der Waals surface area contributed by atoms with Gasteiger partial charge in [-0.05, 0) is 25.0 Å². The van der Waals surface area contributed by atoms with Crippen molar-refractivity contribution in [3.05, 3.63) is 11.1 Å². The van der Waals surface area contributed by atoms with E-state index in [-0.39, 0.29) is 0 Å². The molecule has 0 fully saturated rings. The number of halogens is 6. The summed E-state index contributed by atoms with van der Waals surface area (Å²) in [5, 5.41) is 0. The minimum Gasteiger partial charge on any atom is -0.169 e. The minimum absolute atomic E-state index is 0.632. The summed E-state index contributed by atoms with van der Waals surface area (Å²) in [6.45, 7) is 1.71. The monoisotopic (exact) mass is 204 g/mol. The second kappa shape index (κ2) is 2.22. The zero-order valence-corrected chi connectivity index (χ0v) is 6.77. The van der Waals surface area contributed by atoms with Gasteiger partial charge < -0.3 is 0 Å².